The number of hydrogen-bond donors (Lipinski definition) is 1. The SMILES string of the molecule is CNC(=O)C1(C)CCCN(C(=O)CCc2nc(C)no2)C1. The Morgan fingerprint density at radius 2 is 2.24 bits per heavy atom. The molecule has 7 nitrogen and oxygen atoms in total. The highest BCUT2D eigenvalue weighted by atomic mass is 16.5. The lowest BCUT2D eigenvalue weighted by Crippen LogP contribution is -2.51. The minimum Gasteiger partial charge on any atom is -0.359 e. The van der Waals surface area contributed by atoms with Gasteiger partial charge in [-0.3, -0.25) is 9.59 Å². The van der Waals surface area contributed by atoms with Gasteiger partial charge in [0.05, 0.1) is 5.41 Å². The summed E-state index contributed by atoms with van der Waals surface area (Å²) in [6.45, 7) is 4.82. The fraction of sp³-hybridized carbons (Fsp3) is 0.714. The highest BCUT2D eigenvalue weighted by Crippen LogP contribution is 2.30. The summed E-state index contributed by atoms with van der Waals surface area (Å²) in [6.07, 6.45) is 2.41. The van der Waals surface area contributed by atoms with E-state index in [0.29, 0.717) is 37.6 Å². The number of carbonyl (C=O) groups excluding carboxylic acids is 2. The third-order valence-electron chi connectivity index (χ3n) is 3.95. The van der Waals surface area contributed by atoms with Crippen LogP contribution in [-0.4, -0.2) is 47.0 Å². The van der Waals surface area contributed by atoms with Crippen LogP contribution in [0.1, 0.15) is 37.9 Å². The minimum absolute atomic E-state index is 0.00692. The van der Waals surface area contributed by atoms with Crippen LogP contribution < -0.4 is 5.32 Å². The molecule has 21 heavy (non-hydrogen) atoms. The summed E-state index contributed by atoms with van der Waals surface area (Å²) in [4.78, 5) is 30.1. The van der Waals surface area contributed by atoms with Crippen molar-refractivity contribution in [3.05, 3.63) is 11.7 Å². The molecule has 1 aliphatic heterocycles. The number of nitrogens with one attached hydrogen (secondary N) is 1. The van der Waals surface area contributed by atoms with Crippen molar-refractivity contribution in [2.45, 2.75) is 39.5 Å². The average Bonchev–Trinajstić information content (AvgIpc) is 2.89. The van der Waals surface area contributed by atoms with Crippen molar-refractivity contribution in [1.29, 1.82) is 0 Å². The van der Waals surface area contributed by atoms with Crippen molar-refractivity contribution >= 4 is 11.8 Å². The van der Waals surface area contributed by atoms with Crippen molar-refractivity contribution in [2.24, 2.45) is 5.41 Å². The Morgan fingerprint density at radius 1 is 1.48 bits per heavy atom. The summed E-state index contributed by atoms with van der Waals surface area (Å²) in [5, 5.41) is 6.39. The number of piperidine rings is 1. The van der Waals surface area contributed by atoms with Gasteiger partial charge in [-0.15, -0.1) is 0 Å². The Bertz CT molecular complexity index is 528. The lowest BCUT2D eigenvalue weighted by atomic mass is 9.81. The van der Waals surface area contributed by atoms with E-state index >= 15 is 0 Å². The van der Waals surface area contributed by atoms with Crippen LogP contribution in [0.15, 0.2) is 4.52 Å². The zero-order valence-corrected chi connectivity index (χ0v) is 12.8. The van der Waals surface area contributed by atoms with Gasteiger partial charge in [0.15, 0.2) is 5.82 Å². The summed E-state index contributed by atoms with van der Waals surface area (Å²) in [5.74, 6) is 1.07. The molecule has 0 saturated carbocycles. The van der Waals surface area contributed by atoms with Crippen LogP contribution in [0.25, 0.3) is 0 Å². The van der Waals surface area contributed by atoms with E-state index in [1.165, 1.54) is 0 Å². The quantitative estimate of drug-likeness (QED) is 0.882. The van der Waals surface area contributed by atoms with Crippen molar-refractivity contribution in [3.63, 3.8) is 0 Å². The predicted octanol–water partition coefficient (Wildman–Crippen LogP) is 0.685. The molecular weight excluding hydrogens is 272 g/mol. The average molecular weight is 294 g/mol. The molecule has 7 heteroatoms. The maximum absolute atomic E-state index is 12.3. The largest absolute Gasteiger partial charge is 0.359 e. The molecule has 1 atom stereocenters. The number of likely N-dealkylation sites (tertiary alicyclic amines) is 1. The van der Waals surface area contributed by atoms with Gasteiger partial charge in [0.1, 0.15) is 0 Å². The van der Waals surface area contributed by atoms with Crippen molar-refractivity contribution in [1.82, 2.24) is 20.4 Å². The summed E-state index contributed by atoms with van der Waals surface area (Å²) >= 11 is 0. The highest BCUT2D eigenvalue weighted by Gasteiger charge is 2.38. The van der Waals surface area contributed by atoms with Crippen LogP contribution in [0, 0.1) is 12.3 Å². The van der Waals surface area contributed by atoms with Gasteiger partial charge in [-0.2, -0.15) is 4.98 Å². The maximum Gasteiger partial charge on any atom is 0.227 e. The standard InChI is InChI=1S/C14H22N4O3/c1-10-16-11(21-17-10)5-6-12(19)18-8-4-7-14(2,9-18)13(20)15-3/h4-9H2,1-3H3,(H,15,20). The number of rotatable bonds is 4. The van der Waals surface area contributed by atoms with Gasteiger partial charge in [0.25, 0.3) is 0 Å². The molecule has 1 fully saturated rings. The lowest BCUT2D eigenvalue weighted by molar-refractivity contribution is -0.140. The van der Waals surface area contributed by atoms with Crippen molar-refractivity contribution in [3.8, 4) is 0 Å². The maximum atomic E-state index is 12.3. The van der Waals surface area contributed by atoms with Crippen molar-refractivity contribution < 1.29 is 14.1 Å². The minimum atomic E-state index is -0.496. The zero-order valence-electron chi connectivity index (χ0n) is 12.8. The number of nitrogens with zero attached hydrogens (tertiary/aromatic N) is 3. The second-order valence-corrected chi connectivity index (χ2v) is 5.79. The normalized spacial score (nSPS) is 22.1. The van der Waals surface area contributed by atoms with Gasteiger partial charge >= 0.3 is 0 Å². The molecule has 1 saturated heterocycles. The topological polar surface area (TPSA) is 88.3 Å². The molecule has 1 aromatic heterocycles. The second-order valence-electron chi connectivity index (χ2n) is 5.79. The zero-order chi connectivity index (χ0) is 15.5. The Balaban J connectivity index is 1.91. The molecule has 116 valence electrons. The summed E-state index contributed by atoms with van der Waals surface area (Å²) < 4.78 is 5.00. The first kappa shape index (κ1) is 15.5. The molecule has 0 bridgehead atoms. The van der Waals surface area contributed by atoms with Crippen LogP contribution in [0.5, 0.6) is 0 Å². The molecule has 1 aromatic rings. The molecule has 0 aromatic carbocycles. The van der Waals surface area contributed by atoms with E-state index in [0.717, 1.165) is 12.8 Å². The van der Waals surface area contributed by atoms with Gasteiger partial charge in [0.2, 0.25) is 17.7 Å². The molecular formula is C14H22N4O3. The van der Waals surface area contributed by atoms with Gasteiger partial charge < -0.3 is 14.7 Å². The third kappa shape index (κ3) is 3.59. The number of carbonyl (C=O) groups is 2. The molecule has 1 N–H and O–H groups in total. The van der Waals surface area contributed by atoms with E-state index in [-0.39, 0.29) is 11.8 Å². The lowest BCUT2D eigenvalue weighted by Gasteiger charge is -2.39. The number of aromatic nitrogens is 2. The predicted molar refractivity (Wildman–Crippen MR) is 75.3 cm³/mol. The van der Waals surface area contributed by atoms with Crippen LogP contribution in [0.2, 0.25) is 0 Å². The summed E-state index contributed by atoms with van der Waals surface area (Å²) in [7, 11) is 1.63. The first-order valence-electron chi connectivity index (χ1n) is 7.24. The molecule has 1 aliphatic rings. The molecule has 0 spiro atoms. The Labute approximate surface area is 124 Å². The fourth-order valence-electron chi connectivity index (χ4n) is 2.75. The second kappa shape index (κ2) is 6.24. The van der Waals surface area contributed by atoms with E-state index in [1.54, 1.807) is 18.9 Å². The summed E-state index contributed by atoms with van der Waals surface area (Å²) in [6, 6.07) is 0. The molecule has 0 aliphatic carbocycles. The van der Waals surface area contributed by atoms with E-state index in [9.17, 15) is 9.59 Å². The van der Waals surface area contributed by atoms with Gasteiger partial charge in [-0.05, 0) is 26.7 Å². The number of aryl methyl sites for hydroxylation is 2. The smallest absolute Gasteiger partial charge is 0.227 e. The third-order valence-corrected chi connectivity index (χ3v) is 3.95. The van der Waals surface area contributed by atoms with Gasteiger partial charge in [0, 0.05) is 33.0 Å². The summed E-state index contributed by atoms with van der Waals surface area (Å²) in [5.41, 5.74) is -0.496. The first-order chi connectivity index (χ1) is 9.94. The first-order valence-corrected chi connectivity index (χ1v) is 7.24. The highest BCUT2D eigenvalue weighted by molar-refractivity contribution is 5.84. The number of hydrogen-bond acceptors (Lipinski definition) is 5. The number of amides is 2. The van der Waals surface area contributed by atoms with Gasteiger partial charge in [-0.25, -0.2) is 0 Å². The molecule has 2 amide bonds. The van der Waals surface area contributed by atoms with Crippen LogP contribution in [0.3, 0.4) is 0 Å². The van der Waals surface area contributed by atoms with E-state index < -0.39 is 5.41 Å². The van der Waals surface area contributed by atoms with E-state index in [2.05, 4.69) is 15.5 Å². The fourth-order valence-corrected chi connectivity index (χ4v) is 2.75. The Morgan fingerprint density at radius 3 is 2.86 bits per heavy atom. The van der Waals surface area contributed by atoms with E-state index in [1.807, 2.05) is 6.92 Å². The van der Waals surface area contributed by atoms with Crippen LogP contribution in [0.4, 0.5) is 0 Å². The van der Waals surface area contributed by atoms with Gasteiger partial charge in [-0.1, -0.05) is 5.16 Å². The van der Waals surface area contributed by atoms with Crippen molar-refractivity contribution in [2.75, 3.05) is 20.1 Å². The molecule has 2 rings (SSSR count). The monoisotopic (exact) mass is 294 g/mol. The molecule has 1 unspecified atom stereocenters. The molecule has 2 heterocycles. The molecule has 0 radical (unpaired) electrons. The van der Waals surface area contributed by atoms with Crippen LogP contribution in [-0.2, 0) is 16.0 Å². The van der Waals surface area contributed by atoms with E-state index in [4.69, 9.17) is 4.52 Å². The Kier molecular flexibility index (Phi) is 4.59. The van der Waals surface area contributed by atoms with Crippen LogP contribution >= 0.6 is 0 Å². The Hall–Kier alpha value is -1.92.